The maximum absolute atomic E-state index is 6.71. The molecule has 0 bridgehead atoms. The predicted octanol–water partition coefficient (Wildman–Crippen LogP) is 10.7. The van der Waals surface area contributed by atoms with Crippen molar-refractivity contribution >= 4 is 11.6 Å². The Labute approximate surface area is 217 Å². The van der Waals surface area contributed by atoms with Crippen LogP contribution in [0.3, 0.4) is 0 Å². The van der Waals surface area contributed by atoms with Crippen molar-refractivity contribution in [3.8, 4) is 28.0 Å². The van der Waals surface area contributed by atoms with Crippen LogP contribution in [-0.2, 0) is 0 Å². The number of unbranched alkanes of at least 4 members (excludes halogenated alkanes) is 4. The molecule has 2 heteroatoms. The molecule has 3 aromatic carbocycles. The molecular formula is C33H41ClO. The first-order chi connectivity index (χ1) is 17.2. The van der Waals surface area contributed by atoms with Gasteiger partial charge in [0.2, 0.25) is 0 Å². The van der Waals surface area contributed by atoms with E-state index >= 15 is 0 Å². The first-order valence-electron chi connectivity index (χ1n) is 13.8. The molecule has 0 heterocycles. The van der Waals surface area contributed by atoms with E-state index in [0.717, 1.165) is 33.7 Å². The van der Waals surface area contributed by atoms with Gasteiger partial charge in [-0.15, -0.1) is 0 Å². The summed E-state index contributed by atoms with van der Waals surface area (Å²) < 4.78 is 5.56. The lowest BCUT2D eigenvalue weighted by atomic mass is 9.77. The van der Waals surface area contributed by atoms with Crippen LogP contribution in [0, 0.1) is 5.92 Å². The molecule has 186 valence electrons. The highest BCUT2D eigenvalue weighted by Gasteiger charge is 2.22. The molecule has 4 rings (SSSR count). The van der Waals surface area contributed by atoms with Crippen molar-refractivity contribution in [1.29, 1.82) is 0 Å². The number of rotatable bonds is 11. The zero-order valence-electron chi connectivity index (χ0n) is 21.6. The molecule has 0 amide bonds. The van der Waals surface area contributed by atoms with Crippen molar-refractivity contribution in [2.24, 2.45) is 5.92 Å². The number of ether oxygens (including phenoxy) is 1. The van der Waals surface area contributed by atoms with Crippen LogP contribution in [-0.4, -0.2) is 6.61 Å². The molecule has 0 radical (unpaired) electrons. The first kappa shape index (κ1) is 25.8. The lowest BCUT2D eigenvalue weighted by Gasteiger charge is -2.29. The second-order valence-corrected chi connectivity index (χ2v) is 10.6. The number of hydrogen-bond donors (Lipinski definition) is 0. The summed E-state index contributed by atoms with van der Waals surface area (Å²) in [4.78, 5) is 0. The quantitative estimate of drug-likeness (QED) is 0.244. The Morgan fingerprint density at radius 3 is 2.03 bits per heavy atom. The number of benzene rings is 3. The second kappa shape index (κ2) is 13.2. The summed E-state index contributed by atoms with van der Waals surface area (Å²) in [5, 5.41) is 0.781. The van der Waals surface area contributed by atoms with E-state index in [1.165, 1.54) is 80.9 Å². The Morgan fingerprint density at radius 1 is 0.714 bits per heavy atom. The third-order valence-corrected chi connectivity index (χ3v) is 8.04. The zero-order chi connectivity index (χ0) is 24.5. The van der Waals surface area contributed by atoms with Gasteiger partial charge in [0.05, 0.1) is 6.61 Å². The fourth-order valence-electron chi connectivity index (χ4n) is 5.59. The van der Waals surface area contributed by atoms with Crippen LogP contribution < -0.4 is 4.74 Å². The van der Waals surface area contributed by atoms with Crippen molar-refractivity contribution in [3.05, 3.63) is 77.3 Å². The van der Waals surface area contributed by atoms with Crippen LogP contribution in [0.15, 0.2) is 66.7 Å². The van der Waals surface area contributed by atoms with Gasteiger partial charge in [0.25, 0.3) is 0 Å². The van der Waals surface area contributed by atoms with Crippen molar-refractivity contribution in [2.45, 2.75) is 84.0 Å². The van der Waals surface area contributed by atoms with Crippen molar-refractivity contribution in [1.82, 2.24) is 0 Å². The SMILES string of the molecule is CCCCCCCC1CCC(c2ccc(-c3ccc(-c4ccc(OCC)cc4)c(Cl)c3)cc2)CC1. The van der Waals surface area contributed by atoms with Crippen LogP contribution in [0.1, 0.15) is 89.5 Å². The molecule has 0 spiro atoms. The molecule has 1 aliphatic carbocycles. The van der Waals surface area contributed by atoms with Gasteiger partial charge in [-0.1, -0.05) is 106 Å². The molecule has 1 saturated carbocycles. The van der Waals surface area contributed by atoms with Gasteiger partial charge >= 0.3 is 0 Å². The summed E-state index contributed by atoms with van der Waals surface area (Å²) >= 11 is 6.71. The van der Waals surface area contributed by atoms with Gasteiger partial charge in [-0.05, 0) is 84.9 Å². The number of halogens is 1. The Balaban J connectivity index is 1.33. The maximum Gasteiger partial charge on any atom is 0.119 e. The maximum atomic E-state index is 6.71. The normalized spacial score (nSPS) is 17.9. The van der Waals surface area contributed by atoms with E-state index in [1.54, 1.807) is 0 Å². The molecule has 0 saturated heterocycles. The van der Waals surface area contributed by atoms with E-state index in [1.807, 2.05) is 19.1 Å². The molecular weight excluding hydrogens is 448 g/mol. The molecule has 1 nitrogen and oxygen atoms in total. The van der Waals surface area contributed by atoms with Gasteiger partial charge in [0.1, 0.15) is 5.75 Å². The zero-order valence-corrected chi connectivity index (χ0v) is 22.3. The minimum Gasteiger partial charge on any atom is -0.494 e. The monoisotopic (exact) mass is 488 g/mol. The van der Waals surface area contributed by atoms with Gasteiger partial charge < -0.3 is 4.74 Å². The Kier molecular flexibility index (Phi) is 9.72. The van der Waals surface area contributed by atoms with Gasteiger partial charge in [0.15, 0.2) is 0 Å². The Morgan fingerprint density at radius 2 is 1.37 bits per heavy atom. The smallest absolute Gasteiger partial charge is 0.119 e. The van der Waals surface area contributed by atoms with E-state index in [2.05, 4.69) is 61.5 Å². The first-order valence-corrected chi connectivity index (χ1v) is 14.2. The predicted molar refractivity (Wildman–Crippen MR) is 152 cm³/mol. The summed E-state index contributed by atoms with van der Waals surface area (Å²) in [5.74, 6) is 2.58. The van der Waals surface area contributed by atoms with Gasteiger partial charge in [0, 0.05) is 10.6 Å². The summed E-state index contributed by atoms with van der Waals surface area (Å²) in [5.41, 5.74) is 6.07. The lowest BCUT2D eigenvalue weighted by Crippen LogP contribution is -2.13. The van der Waals surface area contributed by atoms with Gasteiger partial charge in [-0.3, -0.25) is 0 Å². The van der Waals surface area contributed by atoms with Crippen LogP contribution in [0.5, 0.6) is 5.75 Å². The van der Waals surface area contributed by atoms with E-state index in [9.17, 15) is 0 Å². The van der Waals surface area contributed by atoms with E-state index < -0.39 is 0 Å². The third-order valence-electron chi connectivity index (χ3n) is 7.72. The Hall–Kier alpha value is -2.25. The standard InChI is InChI=1S/C33H41ClO/c1-3-5-6-7-8-9-25-10-12-26(13-11-25)27-14-16-28(17-15-27)30-20-23-32(33(34)24-30)29-18-21-31(22-19-29)35-4-2/h14-26H,3-13H2,1-2H3. The van der Waals surface area contributed by atoms with E-state index in [-0.39, 0.29) is 0 Å². The van der Waals surface area contributed by atoms with Crippen LogP contribution >= 0.6 is 11.6 Å². The summed E-state index contributed by atoms with van der Waals surface area (Å²) in [6.07, 6.45) is 14.0. The highest BCUT2D eigenvalue weighted by Crippen LogP contribution is 2.39. The summed E-state index contributed by atoms with van der Waals surface area (Å²) in [7, 11) is 0. The fraction of sp³-hybridized carbons (Fsp3) is 0.455. The Bertz CT molecular complexity index is 1030. The minimum atomic E-state index is 0.675. The van der Waals surface area contributed by atoms with Crippen LogP contribution in [0.4, 0.5) is 0 Å². The van der Waals surface area contributed by atoms with Crippen molar-refractivity contribution in [3.63, 3.8) is 0 Å². The average molecular weight is 489 g/mol. The highest BCUT2D eigenvalue weighted by atomic mass is 35.5. The molecule has 35 heavy (non-hydrogen) atoms. The molecule has 1 aliphatic rings. The topological polar surface area (TPSA) is 9.23 Å². The van der Waals surface area contributed by atoms with E-state index in [0.29, 0.717) is 6.61 Å². The number of hydrogen-bond acceptors (Lipinski definition) is 1. The molecule has 0 atom stereocenters. The average Bonchev–Trinajstić information content (AvgIpc) is 2.90. The van der Waals surface area contributed by atoms with Gasteiger partial charge in [-0.2, -0.15) is 0 Å². The molecule has 1 fully saturated rings. The second-order valence-electron chi connectivity index (χ2n) is 10.2. The molecule has 0 aromatic heterocycles. The summed E-state index contributed by atoms with van der Waals surface area (Å²) in [6.45, 7) is 4.97. The van der Waals surface area contributed by atoms with Gasteiger partial charge in [-0.25, -0.2) is 0 Å². The van der Waals surface area contributed by atoms with E-state index in [4.69, 9.17) is 16.3 Å². The third kappa shape index (κ3) is 7.14. The molecule has 0 N–H and O–H groups in total. The summed E-state index contributed by atoms with van der Waals surface area (Å²) in [6, 6.07) is 23.8. The molecule has 0 unspecified atom stereocenters. The van der Waals surface area contributed by atoms with Crippen molar-refractivity contribution < 1.29 is 4.74 Å². The molecule has 0 aliphatic heterocycles. The van der Waals surface area contributed by atoms with Crippen LogP contribution in [0.2, 0.25) is 5.02 Å². The lowest BCUT2D eigenvalue weighted by molar-refractivity contribution is 0.302. The van der Waals surface area contributed by atoms with Crippen molar-refractivity contribution in [2.75, 3.05) is 6.61 Å². The highest BCUT2D eigenvalue weighted by molar-refractivity contribution is 6.33. The minimum absolute atomic E-state index is 0.675. The largest absolute Gasteiger partial charge is 0.494 e. The van der Waals surface area contributed by atoms with Crippen LogP contribution in [0.25, 0.3) is 22.3 Å². The molecule has 3 aromatic rings. The fourth-order valence-corrected chi connectivity index (χ4v) is 5.88.